The summed E-state index contributed by atoms with van der Waals surface area (Å²) in [6.07, 6.45) is 28.4. The second-order valence-electron chi connectivity index (χ2n) is 28.4. The number of hydrogen-bond acceptors (Lipinski definition) is 31. The molecule has 33 heteroatoms. The van der Waals surface area contributed by atoms with Gasteiger partial charge in [0.05, 0.1) is 86.4 Å². The maximum atomic E-state index is 12.8. The third-order valence-electron chi connectivity index (χ3n) is 20.2. The minimum Gasteiger partial charge on any atom is -0.460 e. The van der Waals surface area contributed by atoms with Crippen molar-refractivity contribution in [1.82, 2.24) is 39.9 Å². The Morgan fingerprint density at radius 2 is 0.784 bits per heavy atom. The maximum Gasteiger partial charge on any atom is 0.333 e. The third-order valence-corrected chi connectivity index (χ3v) is 20.6. The molecule has 604 valence electrons. The third kappa shape index (κ3) is 26.0. The molecule has 8 aromatic rings. The minimum atomic E-state index is -4.08. The van der Waals surface area contributed by atoms with Crippen LogP contribution in [-0.4, -0.2) is 176 Å². The number of carbonyl (C=O) groups excluding carboxylic acids is 4. The summed E-state index contributed by atoms with van der Waals surface area (Å²) in [5.74, 6) is 4.65. The summed E-state index contributed by atoms with van der Waals surface area (Å²) < 4.78 is 67.9. The molecule has 13 rings (SSSR count). The number of furan rings is 4. The number of rotatable bonds is 29. The van der Waals surface area contributed by atoms with Crippen molar-refractivity contribution in [2.75, 3.05) is 75.6 Å². The van der Waals surface area contributed by atoms with Crippen LogP contribution in [0.3, 0.4) is 0 Å². The van der Waals surface area contributed by atoms with Crippen molar-refractivity contribution in [2.24, 2.45) is 46.6 Å². The van der Waals surface area contributed by atoms with Gasteiger partial charge in [-0.3, -0.25) is 23.4 Å². The van der Waals surface area contributed by atoms with Gasteiger partial charge in [0.2, 0.25) is 23.1 Å². The van der Waals surface area contributed by atoms with E-state index >= 15 is 0 Å². The van der Waals surface area contributed by atoms with Crippen LogP contribution in [0.15, 0.2) is 117 Å². The number of ketones is 4. The van der Waals surface area contributed by atoms with Gasteiger partial charge in [-0.15, -0.1) is 0 Å². The van der Waals surface area contributed by atoms with E-state index in [2.05, 4.69) is 99.9 Å². The summed E-state index contributed by atoms with van der Waals surface area (Å²) in [4.78, 5) is 83.8. The molecular weight excluding hydrogens is 1450 g/mol. The van der Waals surface area contributed by atoms with Gasteiger partial charge in [-0.25, -0.2) is 45.0 Å². The first-order valence-corrected chi connectivity index (χ1v) is 39.0. The number of aliphatic hydroxyl groups excluding tert-OH is 4. The van der Waals surface area contributed by atoms with Crippen LogP contribution in [0.5, 0.6) is 0 Å². The van der Waals surface area contributed by atoms with Crippen molar-refractivity contribution in [3.8, 4) is 0 Å². The van der Waals surface area contributed by atoms with E-state index in [1.165, 1.54) is 94.6 Å². The molecule has 0 amide bonds. The number of nitrogens with two attached hydrogens (primary N) is 1. The number of aliphatic hydroxyl groups is 4. The average molecular weight is 1560 g/mol. The van der Waals surface area contributed by atoms with E-state index in [0.717, 1.165) is 74.3 Å². The molecule has 4 aliphatic carbocycles. The molecule has 111 heavy (non-hydrogen) atoms. The molecule has 32 nitrogen and oxygen atoms in total. The van der Waals surface area contributed by atoms with E-state index in [0.29, 0.717) is 114 Å². The topological polar surface area (TPSA) is 459 Å². The fourth-order valence-corrected chi connectivity index (χ4v) is 14.7. The lowest BCUT2D eigenvalue weighted by Crippen LogP contribution is -2.24. The number of carbonyl (C=O) groups is 4. The van der Waals surface area contributed by atoms with Crippen LogP contribution in [0.4, 0.5) is 23.3 Å². The van der Waals surface area contributed by atoms with Gasteiger partial charge in [-0.05, 0) is 131 Å². The summed E-state index contributed by atoms with van der Waals surface area (Å²) in [6, 6.07) is 7.08. The smallest absolute Gasteiger partial charge is 0.333 e. The number of methoxy groups -OCH3 is 3. The normalized spacial score (nSPS) is 22.4. The van der Waals surface area contributed by atoms with E-state index in [4.69, 9.17) is 52.0 Å². The second-order valence-corrected chi connectivity index (χ2v) is 29.6. The fraction of sp³-hybridized carbons (Fsp3) is 0.538. The largest absolute Gasteiger partial charge is 0.460 e. The van der Waals surface area contributed by atoms with Crippen LogP contribution in [0.1, 0.15) is 205 Å². The lowest BCUT2D eigenvalue weighted by atomic mass is 9.96. The Bertz CT molecular complexity index is 4170. The Balaban J connectivity index is 0.000000180. The SMILES string of the molecule is C1CCOC1.CCO.CC[C@H]1C[C@@H](Nc2ncncc2C(=O)c2cc(CO)co2)C[C@@H]1C.CC[C@H]1C[C@@H](Nc2ncncc2C(=O)c2cc(COC)co2)C[C@@H]1C.COCc1coc(C(=O)c2cncnc2N[C@@H]2C[C@H](CO)[C@@H](C)C2)c1.COCc1coc(C(=O)c2cncnc2N[C@@H]2C[C@H](COS(N)(=O)=O)[C@@H](O)C2)c1. The molecule has 8 aromatic heterocycles. The summed E-state index contributed by atoms with van der Waals surface area (Å²) >= 11 is 0. The van der Waals surface area contributed by atoms with E-state index < -0.39 is 28.1 Å². The highest BCUT2D eigenvalue weighted by Crippen LogP contribution is 2.39. The molecule has 1 aliphatic heterocycles. The minimum absolute atomic E-state index is 0.126. The molecule has 1 saturated heterocycles. The van der Waals surface area contributed by atoms with Crippen LogP contribution in [-0.2, 0) is 59.9 Å². The molecule has 0 aromatic carbocycles. The lowest BCUT2D eigenvalue weighted by Gasteiger charge is -2.15. The summed E-state index contributed by atoms with van der Waals surface area (Å²) in [5, 5.41) is 54.4. The number of hydrogen-bond donors (Lipinski definition) is 9. The number of anilines is 4. The highest BCUT2D eigenvalue weighted by atomic mass is 32.2. The zero-order valence-corrected chi connectivity index (χ0v) is 65.3. The summed E-state index contributed by atoms with van der Waals surface area (Å²) in [7, 11) is 0.654. The van der Waals surface area contributed by atoms with Gasteiger partial charge in [0.15, 0.2) is 23.0 Å². The van der Waals surface area contributed by atoms with Crippen LogP contribution in [0, 0.1) is 41.4 Å². The Kier molecular flexibility index (Phi) is 34.8. The maximum absolute atomic E-state index is 12.8. The van der Waals surface area contributed by atoms with Crippen molar-refractivity contribution < 1.29 is 88.8 Å². The molecule has 5 aliphatic rings. The molecule has 0 spiro atoms. The first-order chi connectivity index (χ1) is 53.5. The first kappa shape index (κ1) is 87.4. The van der Waals surface area contributed by atoms with Gasteiger partial charge >= 0.3 is 10.3 Å². The number of nitrogens with one attached hydrogen (secondary N) is 4. The van der Waals surface area contributed by atoms with E-state index in [-0.39, 0.29) is 90.4 Å². The molecule has 0 unspecified atom stereocenters. The Hall–Kier alpha value is -9.13. The molecular formula is C78H107N13O19S. The van der Waals surface area contributed by atoms with Crippen LogP contribution >= 0.6 is 0 Å². The number of nitrogens with zero attached hydrogens (tertiary/aromatic N) is 8. The standard InChI is InChI=1S/C19H25N3O3.C18H23N3O4.C18H23N3O3.C17H22N4O7S.C4H8O.C2H6O/c1-4-14-7-15(5-12(14)2)22-19-16(8-20-11-21-19)18(23)17-6-13(9-24-3)10-25-17;1-11-3-14(5-13(11)7-22)21-18-15(6-19-10-20-18)17(23)16-4-12(8-24-2)9-25-16;1-3-13-6-14(4-11(13)2)21-18-15(7-19-10-20-18)17(23)16-5-12(8-22)9-24-16;1-26-6-10-2-15(27-7-10)16(23)13-5-19-9-20-17(13)21-12-3-11(14(22)4-12)8-28-29(18,24)25;1-2-4-5-3-1;1-2-3/h6,8,10-12,14-15H,4-5,7,9H2,1-3H3,(H,20,21,22);4,6,9-11,13-14,22H,3,5,7-8H2,1-2H3,(H,19,20,21);5,7,9-11,13-14,22H,3-4,6,8H2,1-2H3,(H,19,20,21);2,5,7,9,11-12,14,22H,3-4,6,8H2,1H3,(H2,18,24,25)(H,19,20,21);1-4H2;3H,2H2,1H3/t12-,14-,15-;11-,13+,14-;11-,13-,14-;11-,12-,14+;;/m0001../s1. The zero-order valence-electron chi connectivity index (χ0n) is 64.5. The van der Waals surface area contributed by atoms with Crippen LogP contribution < -0.4 is 26.4 Å². The second kappa shape index (κ2) is 44.2. The summed E-state index contributed by atoms with van der Waals surface area (Å²) in [6.45, 7) is 16.0. The van der Waals surface area contributed by atoms with Crippen LogP contribution in [0.25, 0.3) is 0 Å². The van der Waals surface area contributed by atoms with Gasteiger partial charge in [0.1, 0.15) is 48.6 Å². The van der Waals surface area contributed by atoms with Crippen molar-refractivity contribution in [3.63, 3.8) is 0 Å². The molecule has 12 atom stereocenters. The monoisotopic (exact) mass is 1560 g/mol. The zero-order chi connectivity index (χ0) is 80.0. The van der Waals surface area contributed by atoms with E-state index in [1.807, 2.05) is 0 Å². The lowest BCUT2D eigenvalue weighted by molar-refractivity contribution is 0.100. The molecule has 0 radical (unpaired) electrons. The highest BCUT2D eigenvalue weighted by Gasteiger charge is 2.37. The van der Waals surface area contributed by atoms with Gasteiger partial charge in [0.25, 0.3) is 0 Å². The predicted molar refractivity (Wildman–Crippen MR) is 408 cm³/mol. The molecule has 10 N–H and O–H groups in total. The number of aromatic nitrogens is 8. The van der Waals surface area contributed by atoms with Crippen molar-refractivity contribution in [1.29, 1.82) is 0 Å². The molecule has 4 saturated carbocycles. The molecule has 9 heterocycles. The van der Waals surface area contributed by atoms with Gasteiger partial charge in [0, 0.05) is 125 Å². The van der Waals surface area contributed by atoms with E-state index in [9.17, 15) is 37.8 Å². The van der Waals surface area contributed by atoms with Crippen molar-refractivity contribution >= 4 is 56.7 Å². The van der Waals surface area contributed by atoms with Gasteiger partial charge in [-0.1, -0.05) is 47.5 Å². The number of ether oxygens (including phenoxy) is 4. The van der Waals surface area contributed by atoms with Crippen molar-refractivity contribution in [3.05, 3.63) is 167 Å². The Morgan fingerprint density at radius 1 is 0.477 bits per heavy atom. The predicted octanol–water partition coefficient (Wildman–Crippen LogP) is 9.99. The fourth-order valence-electron chi connectivity index (χ4n) is 14.4. The van der Waals surface area contributed by atoms with Gasteiger partial charge < -0.3 is 78.3 Å². The Morgan fingerprint density at radius 3 is 1.05 bits per heavy atom. The molecule has 5 fully saturated rings. The molecule has 0 bridgehead atoms. The van der Waals surface area contributed by atoms with Crippen LogP contribution in [0.2, 0.25) is 0 Å². The highest BCUT2D eigenvalue weighted by molar-refractivity contribution is 7.84. The Labute approximate surface area is 646 Å². The summed E-state index contributed by atoms with van der Waals surface area (Å²) in [5.41, 5.74) is 4.34. The van der Waals surface area contributed by atoms with Gasteiger partial charge in [-0.2, -0.15) is 8.42 Å². The van der Waals surface area contributed by atoms with E-state index in [1.54, 1.807) is 58.7 Å². The first-order valence-electron chi connectivity index (χ1n) is 37.5. The average Bonchev–Trinajstić information content (AvgIpc) is 1.76. The quantitative estimate of drug-likeness (QED) is 0.0197. The van der Waals surface area contributed by atoms with Crippen molar-refractivity contribution in [2.45, 2.75) is 175 Å².